The molecule has 0 aliphatic carbocycles. The van der Waals surface area contributed by atoms with E-state index in [9.17, 15) is 14.4 Å². The molecule has 0 unspecified atom stereocenters. The number of nitrogens with one attached hydrogen (secondary N) is 1. The van der Waals surface area contributed by atoms with Crippen LogP contribution in [0.3, 0.4) is 0 Å². The summed E-state index contributed by atoms with van der Waals surface area (Å²) in [5.41, 5.74) is 2.29. The van der Waals surface area contributed by atoms with Gasteiger partial charge in [0.25, 0.3) is 11.1 Å². The number of rotatable bonds is 9. The molecule has 0 aliphatic rings. The third kappa shape index (κ3) is 5.95. The summed E-state index contributed by atoms with van der Waals surface area (Å²) in [6, 6.07) is 21.9. The van der Waals surface area contributed by atoms with Crippen LogP contribution in [0.5, 0.6) is 0 Å². The highest BCUT2D eigenvalue weighted by Crippen LogP contribution is 2.22. The number of hydrogen-bond donors (Lipinski definition) is 1. The third-order valence-electron chi connectivity index (χ3n) is 5.99. The summed E-state index contributed by atoms with van der Waals surface area (Å²) < 4.78 is 2.91. The van der Waals surface area contributed by atoms with Gasteiger partial charge in [0.1, 0.15) is 5.65 Å². The molecule has 0 bridgehead atoms. The number of carbonyl (C=O) groups is 1. The van der Waals surface area contributed by atoms with E-state index in [4.69, 9.17) is 16.6 Å². The minimum atomic E-state index is -0.246. The summed E-state index contributed by atoms with van der Waals surface area (Å²) in [7, 11) is 0. The van der Waals surface area contributed by atoms with Crippen LogP contribution >= 0.6 is 23.4 Å². The molecule has 0 spiro atoms. The lowest BCUT2D eigenvalue weighted by Crippen LogP contribution is -2.30. The molecule has 10 heteroatoms. The minimum absolute atomic E-state index is 0.138. The molecule has 0 aliphatic heterocycles. The number of benzene rings is 2. The van der Waals surface area contributed by atoms with Crippen molar-refractivity contribution in [1.29, 1.82) is 0 Å². The maximum Gasteiger partial charge on any atom is 0.262 e. The lowest BCUT2D eigenvalue weighted by molar-refractivity contribution is -0.121. The smallest absolute Gasteiger partial charge is 0.262 e. The summed E-state index contributed by atoms with van der Waals surface area (Å²) in [6.07, 6.45) is 2.39. The quantitative estimate of drug-likeness (QED) is 0.221. The number of para-hydroxylation sites is 1. The Morgan fingerprint density at radius 1 is 0.974 bits per heavy atom. The van der Waals surface area contributed by atoms with Crippen LogP contribution in [0.1, 0.15) is 17.7 Å². The van der Waals surface area contributed by atoms with Crippen molar-refractivity contribution < 1.29 is 4.79 Å². The average Bonchev–Trinajstić information content (AvgIpc) is 2.92. The Bertz CT molecular complexity index is 1740. The van der Waals surface area contributed by atoms with E-state index in [1.807, 2.05) is 36.4 Å². The van der Waals surface area contributed by atoms with Crippen LogP contribution < -0.4 is 16.4 Å². The highest BCUT2D eigenvalue weighted by molar-refractivity contribution is 7.98. The minimum Gasteiger partial charge on any atom is -0.356 e. The van der Waals surface area contributed by atoms with Gasteiger partial charge in [-0.25, -0.2) is 9.97 Å². The van der Waals surface area contributed by atoms with Crippen molar-refractivity contribution in [2.75, 3.05) is 6.54 Å². The standard InChI is InChI=1S/C28H24ClN5O3S/c29-20-10-11-24-31-21(16-26(36)34(24)17-20)18-38-28-32-23-9-5-4-8-22(23)27(37)33(28)15-13-25(35)30-14-12-19-6-2-1-3-7-19/h1-11,16-17H,12-15,18H2,(H,30,35). The van der Waals surface area contributed by atoms with Crippen LogP contribution in [0.4, 0.5) is 0 Å². The van der Waals surface area contributed by atoms with Crippen LogP contribution in [0, 0.1) is 0 Å². The number of halogens is 1. The van der Waals surface area contributed by atoms with Gasteiger partial charge in [-0.1, -0.05) is 65.8 Å². The van der Waals surface area contributed by atoms with Crippen molar-refractivity contribution in [3.05, 3.63) is 116 Å². The molecule has 0 radical (unpaired) electrons. The van der Waals surface area contributed by atoms with Crippen molar-refractivity contribution >= 4 is 45.8 Å². The maximum atomic E-state index is 13.3. The van der Waals surface area contributed by atoms with Gasteiger partial charge in [0.05, 0.1) is 21.6 Å². The van der Waals surface area contributed by atoms with Gasteiger partial charge >= 0.3 is 0 Å². The number of fused-ring (bicyclic) bond motifs is 2. The number of amides is 1. The van der Waals surface area contributed by atoms with E-state index in [0.29, 0.717) is 44.7 Å². The predicted molar refractivity (Wildman–Crippen MR) is 150 cm³/mol. The van der Waals surface area contributed by atoms with Crippen molar-refractivity contribution in [2.45, 2.75) is 30.3 Å². The molecule has 38 heavy (non-hydrogen) atoms. The summed E-state index contributed by atoms with van der Waals surface area (Å²) in [5, 5.41) is 4.31. The first kappa shape index (κ1) is 25.7. The van der Waals surface area contributed by atoms with Crippen molar-refractivity contribution in [3.63, 3.8) is 0 Å². The van der Waals surface area contributed by atoms with Crippen LogP contribution in [0.15, 0.2) is 93.7 Å². The zero-order valence-corrected chi connectivity index (χ0v) is 21.9. The first-order valence-electron chi connectivity index (χ1n) is 12.1. The second kappa shape index (κ2) is 11.6. The molecule has 0 fully saturated rings. The monoisotopic (exact) mass is 545 g/mol. The number of aromatic nitrogens is 4. The second-order valence-corrected chi connectivity index (χ2v) is 10.0. The number of carbonyl (C=O) groups excluding carboxylic acids is 1. The third-order valence-corrected chi connectivity index (χ3v) is 7.23. The molecule has 3 heterocycles. The largest absolute Gasteiger partial charge is 0.356 e. The SMILES string of the molecule is O=C(CCn1c(SCc2cc(=O)n3cc(Cl)ccc3n2)nc2ccccc2c1=O)NCCc1ccccc1. The fourth-order valence-electron chi connectivity index (χ4n) is 4.09. The molecular formula is C28H24ClN5O3S. The zero-order chi connectivity index (χ0) is 26.5. The molecule has 8 nitrogen and oxygen atoms in total. The molecule has 0 saturated heterocycles. The Morgan fingerprint density at radius 3 is 2.61 bits per heavy atom. The molecule has 0 saturated carbocycles. The van der Waals surface area contributed by atoms with Gasteiger partial charge in [0.2, 0.25) is 5.91 Å². The van der Waals surface area contributed by atoms with E-state index in [1.165, 1.54) is 33.0 Å². The Kier molecular flexibility index (Phi) is 7.86. The molecule has 3 aromatic heterocycles. The van der Waals surface area contributed by atoms with E-state index in [0.717, 1.165) is 12.0 Å². The van der Waals surface area contributed by atoms with E-state index in [-0.39, 0.29) is 30.0 Å². The Balaban J connectivity index is 1.33. The van der Waals surface area contributed by atoms with Crippen molar-refractivity contribution in [2.24, 2.45) is 0 Å². The zero-order valence-electron chi connectivity index (χ0n) is 20.3. The highest BCUT2D eigenvalue weighted by Gasteiger charge is 2.14. The van der Waals surface area contributed by atoms with Crippen LogP contribution in [-0.2, 0) is 23.5 Å². The normalized spacial score (nSPS) is 11.2. The molecule has 1 N–H and O–H groups in total. The second-order valence-electron chi connectivity index (χ2n) is 8.65. The Labute approximate surface area is 227 Å². The number of nitrogens with zero attached hydrogens (tertiary/aromatic N) is 4. The fraction of sp³-hybridized carbons (Fsp3) is 0.179. The van der Waals surface area contributed by atoms with Gasteiger partial charge in [0.15, 0.2) is 5.16 Å². The number of hydrogen-bond acceptors (Lipinski definition) is 6. The van der Waals surface area contributed by atoms with Gasteiger partial charge < -0.3 is 5.32 Å². The van der Waals surface area contributed by atoms with E-state index in [1.54, 1.807) is 30.3 Å². The van der Waals surface area contributed by atoms with Crippen molar-refractivity contribution in [1.82, 2.24) is 24.3 Å². The van der Waals surface area contributed by atoms with Crippen LogP contribution in [0.25, 0.3) is 16.6 Å². The molecule has 0 atom stereocenters. The van der Waals surface area contributed by atoms with Gasteiger partial charge in [0, 0.05) is 37.5 Å². The fourth-order valence-corrected chi connectivity index (χ4v) is 5.16. The van der Waals surface area contributed by atoms with Gasteiger partial charge in [-0.2, -0.15) is 0 Å². The van der Waals surface area contributed by atoms with Gasteiger partial charge in [-0.3, -0.25) is 23.4 Å². The van der Waals surface area contributed by atoms with Crippen LogP contribution in [-0.4, -0.2) is 31.4 Å². The number of pyridine rings is 1. The first-order chi connectivity index (χ1) is 18.5. The summed E-state index contributed by atoms with van der Waals surface area (Å²) in [4.78, 5) is 47.7. The molecule has 192 valence electrons. The van der Waals surface area contributed by atoms with Gasteiger partial charge in [-0.05, 0) is 36.2 Å². The summed E-state index contributed by atoms with van der Waals surface area (Å²) >= 11 is 7.30. The lowest BCUT2D eigenvalue weighted by atomic mass is 10.1. The van der Waals surface area contributed by atoms with Crippen molar-refractivity contribution in [3.8, 4) is 0 Å². The molecular weight excluding hydrogens is 522 g/mol. The molecule has 5 aromatic rings. The summed E-state index contributed by atoms with van der Waals surface area (Å²) in [6.45, 7) is 0.701. The summed E-state index contributed by atoms with van der Waals surface area (Å²) in [5.74, 6) is 0.183. The van der Waals surface area contributed by atoms with Crippen LogP contribution in [0.2, 0.25) is 5.02 Å². The van der Waals surface area contributed by atoms with E-state index < -0.39 is 0 Å². The molecule has 1 amide bonds. The first-order valence-corrected chi connectivity index (χ1v) is 13.4. The van der Waals surface area contributed by atoms with E-state index >= 15 is 0 Å². The number of thioether (sulfide) groups is 1. The topological polar surface area (TPSA) is 98.4 Å². The van der Waals surface area contributed by atoms with E-state index in [2.05, 4.69) is 10.3 Å². The van der Waals surface area contributed by atoms with Gasteiger partial charge in [-0.15, -0.1) is 0 Å². The maximum absolute atomic E-state index is 13.3. The molecule has 2 aromatic carbocycles. The highest BCUT2D eigenvalue weighted by atomic mass is 35.5. The predicted octanol–water partition coefficient (Wildman–Crippen LogP) is 4.10. The Hall–Kier alpha value is -3.95. The molecule has 5 rings (SSSR count). The average molecular weight is 546 g/mol. The Morgan fingerprint density at radius 2 is 1.76 bits per heavy atom. The lowest BCUT2D eigenvalue weighted by Gasteiger charge is -2.13.